The SMILES string of the molecule is CNC(=O)C(C)(Cc1ccc(OC)cc1)C(=O)O. The van der Waals surface area contributed by atoms with Crippen molar-refractivity contribution in [3.8, 4) is 5.75 Å². The van der Waals surface area contributed by atoms with Crippen LogP contribution in [0.15, 0.2) is 24.3 Å². The van der Waals surface area contributed by atoms with Gasteiger partial charge < -0.3 is 15.2 Å². The molecule has 0 saturated heterocycles. The summed E-state index contributed by atoms with van der Waals surface area (Å²) in [4.78, 5) is 22.9. The molecule has 0 aliphatic carbocycles. The lowest BCUT2D eigenvalue weighted by molar-refractivity contribution is -0.154. The zero-order valence-electron chi connectivity index (χ0n) is 10.7. The number of aliphatic carboxylic acids is 1. The minimum Gasteiger partial charge on any atom is -0.497 e. The van der Waals surface area contributed by atoms with Crippen molar-refractivity contribution in [1.82, 2.24) is 5.32 Å². The smallest absolute Gasteiger partial charge is 0.319 e. The fraction of sp³-hybridized carbons (Fsp3) is 0.385. The highest BCUT2D eigenvalue weighted by Crippen LogP contribution is 2.24. The summed E-state index contributed by atoms with van der Waals surface area (Å²) in [6, 6.07) is 6.98. The number of carboxylic acids is 1. The summed E-state index contributed by atoms with van der Waals surface area (Å²) in [7, 11) is 2.98. The molecule has 18 heavy (non-hydrogen) atoms. The number of carbonyl (C=O) groups excluding carboxylic acids is 1. The van der Waals surface area contributed by atoms with Crippen LogP contribution in [0.5, 0.6) is 5.75 Å². The van der Waals surface area contributed by atoms with Gasteiger partial charge in [-0.25, -0.2) is 0 Å². The Balaban J connectivity index is 2.96. The predicted molar refractivity (Wildman–Crippen MR) is 66.5 cm³/mol. The van der Waals surface area contributed by atoms with Gasteiger partial charge in [0.25, 0.3) is 0 Å². The zero-order chi connectivity index (χ0) is 13.8. The molecule has 5 nitrogen and oxygen atoms in total. The van der Waals surface area contributed by atoms with Gasteiger partial charge in [0, 0.05) is 7.05 Å². The number of hydrogen-bond acceptors (Lipinski definition) is 3. The predicted octanol–water partition coefficient (Wildman–Crippen LogP) is 1.07. The van der Waals surface area contributed by atoms with Gasteiger partial charge in [0.1, 0.15) is 11.2 Å². The molecule has 0 saturated carbocycles. The lowest BCUT2D eigenvalue weighted by atomic mass is 9.82. The summed E-state index contributed by atoms with van der Waals surface area (Å²) in [5, 5.41) is 11.6. The molecule has 1 atom stereocenters. The maximum atomic E-state index is 11.7. The van der Waals surface area contributed by atoms with Crippen molar-refractivity contribution in [1.29, 1.82) is 0 Å². The Bertz CT molecular complexity index is 441. The van der Waals surface area contributed by atoms with Crippen molar-refractivity contribution < 1.29 is 19.4 Å². The van der Waals surface area contributed by atoms with Gasteiger partial charge in [0.05, 0.1) is 7.11 Å². The van der Waals surface area contributed by atoms with Crippen molar-refractivity contribution in [3.05, 3.63) is 29.8 Å². The molecule has 1 amide bonds. The van der Waals surface area contributed by atoms with E-state index in [1.165, 1.54) is 14.0 Å². The molecule has 1 unspecified atom stereocenters. The summed E-state index contributed by atoms with van der Waals surface area (Å²) >= 11 is 0. The van der Waals surface area contributed by atoms with E-state index >= 15 is 0 Å². The van der Waals surface area contributed by atoms with Crippen LogP contribution in [0.2, 0.25) is 0 Å². The van der Waals surface area contributed by atoms with E-state index in [0.717, 1.165) is 5.56 Å². The van der Waals surface area contributed by atoms with E-state index in [1.54, 1.807) is 31.4 Å². The maximum absolute atomic E-state index is 11.7. The second kappa shape index (κ2) is 5.53. The maximum Gasteiger partial charge on any atom is 0.319 e. The van der Waals surface area contributed by atoms with Gasteiger partial charge in [0.15, 0.2) is 0 Å². The second-order valence-corrected chi connectivity index (χ2v) is 4.24. The van der Waals surface area contributed by atoms with Crippen LogP contribution in [0.3, 0.4) is 0 Å². The largest absolute Gasteiger partial charge is 0.497 e. The van der Waals surface area contributed by atoms with Crippen LogP contribution in [0.25, 0.3) is 0 Å². The molecule has 0 aliphatic heterocycles. The van der Waals surface area contributed by atoms with Crippen molar-refractivity contribution in [2.24, 2.45) is 5.41 Å². The third-order valence-electron chi connectivity index (χ3n) is 2.92. The number of benzene rings is 1. The molecule has 2 N–H and O–H groups in total. The average molecular weight is 251 g/mol. The quantitative estimate of drug-likeness (QED) is 0.768. The Labute approximate surface area is 106 Å². The van der Waals surface area contributed by atoms with Crippen LogP contribution in [-0.2, 0) is 16.0 Å². The van der Waals surface area contributed by atoms with Crippen LogP contribution in [0.1, 0.15) is 12.5 Å². The van der Waals surface area contributed by atoms with E-state index in [-0.39, 0.29) is 6.42 Å². The van der Waals surface area contributed by atoms with E-state index < -0.39 is 17.3 Å². The van der Waals surface area contributed by atoms with E-state index in [9.17, 15) is 14.7 Å². The number of nitrogens with one attached hydrogen (secondary N) is 1. The third-order valence-corrected chi connectivity index (χ3v) is 2.92. The Hall–Kier alpha value is -2.04. The molecule has 0 aromatic heterocycles. The number of amides is 1. The lowest BCUT2D eigenvalue weighted by Crippen LogP contribution is -2.44. The lowest BCUT2D eigenvalue weighted by Gasteiger charge is -2.22. The van der Waals surface area contributed by atoms with E-state index in [2.05, 4.69) is 5.32 Å². The second-order valence-electron chi connectivity index (χ2n) is 4.24. The summed E-state index contributed by atoms with van der Waals surface area (Å²) in [6.07, 6.45) is 0.131. The third kappa shape index (κ3) is 2.80. The van der Waals surface area contributed by atoms with Gasteiger partial charge in [-0.3, -0.25) is 9.59 Å². The molecule has 0 aliphatic rings. The molecule has 0 radical (unpaired) electrons. The first-order valence-electron chi connectivity index (χ1n) is 5.52. The Kier molecular flexibility index (Phi) is 4.31. The van der Waals surface area contributed by atoms with Crippen LogP contribution in [0, 0.1) is 5.41 Å². The topological polar surface area (TPSA) is 75.6 Å². The fourth-order valence-corrected chi connectivity index (χ4v) is 1.68. The molecular formula is C13H17NO4. The molecule has 1 rings (SSSR count). The molecule has 0 spiro atoms. The number of carboxylic acid groups (broad SMARTS) is 1. The summed E-state index contributed by atoms with van der Waals surface area (Å²) in [6.45, 7) is 1.42. The van der Waals surface area contributed by atoms with Crippen LogP contribution >= 0.6 is 0 Å². The number of ether oxygens (including phenoxy) is 1. The number of carbonyl (C=O) groups is 2. The number of rotatable bonds is 5. The molecule has 5 heteroatoms. The minimum absolute atomic E-state index is 0.131. The molecule has 1 aromatic carbocycles. The highest BCUT2D eigenvalue weighted by molar-refractivity contribution is 6.01. The summed E-state index contributed by atoms with van der Waals surface area (Å²) in [5.41, 5.74) is -0.701. The van der Waals surface area contributed by atoms with Gasteiger partial charge in [-0.1, -0.05) is 12.1 Å². The zero-order valence-corrected chi connectivity index (χ0v) is 10.7. The monoisotopic (exact) mass is 251 g/mol. The standard InChI is InChI=1S/C13H17NO4/c1-13(12(16)17,11(15)14-2)8-9-4-6-10(18-3)7-5-9/h4-7H,8H2,1-3H3,(H,14,15)(H,16,17). The van der Waals surface area contributed by atoms with Crippen LogP contribution < -0.4 is 10.1 Å². The first-order chi connectivity index (χ1) is 8.43. The summed E-state index contributed by atoms with van der Waals surface area (Å²) < 4.78 is 5.02. The van der Waals surface area contributed by atoms with Crippen molar-refractivity contribution in [2.75, 3.05) is 14.2 Å². The molecular weight excluding hydrogens is 234 g/mol. The first kappa shape index (κ1) is 14.0. The molecule has 0 bridgehead atoms. The van der Waals surface area contributed by atoms with Gasteiger partial charge >= 0.3 is 5.97 Å². The Morgan fingerprint density at radius 2 is 1.89 bits per heavy atom. The van der Waals surface area contributed by atoms with Crippen LogP contribution in [0.4, 0.5) is 0 Å². The van der Waals surface area contributed by atoms with E-state index in [1.807, 2.05) is 0 Å². The minimum atomic E-state index is -1.47. The normalized spacial score (nSPS) is 13.5. The van der Waals surface area contributed by atoms with E-state index in [0.29, 0.717) is 5.75 Å². The van der Waals surface area contributed by atoms with Crippen molar-refractivity contribution >= 4 is 11.9 Å². The first-order valence-corrected chi connectivity index (χ1v) is 5.52. The average Bonchev–Trinajstić information content (AvgIpc) is 2.38. The van der Waals surface area contributed by atoms with Crippen molar-refractivity contribution in [2.45, 2.75) is 13.3 Å². The highest BCUT2D eigenvalue weighted by Gasteiger charge is 2.40. The van der Waals surface area contributed by atoms with Gasteiger partial charge in [0.2, 0.25) is 5.91 Å². The van der Waals surface area contributed by atoms with Gasteiger partial charge in [-0.2, -0.15) is 0 Å². The summed E-state index contributed by atoms with van der Waals surface area (Å²) in [5.74, 6) is -0.959. The molecule has 0 fully saturated rings. The number of hydrogen-bond donors (Lipinski definition) is 2. The number of methoxy groups -OCH3 is 1. The Morgan fingerprint density at radius 3 is 2.28 bits per heavy atom. The van der Waals surface area contributed by atoms with Crippen LogP contribution in [-0.4, -0.2) is 31.1 Å². The fourth-order valence-electron chi connectivity index (χ4n) is 1.68. The van der Waals surface area contributed by atoms with Gasteiger partial charge in [-0.15, -0.1) is 0 Å². The molecule has 98 valence electrons. The van der Waals surface area contributed by atoms with E-state index in [4.69, 9.17) is 4.74 Å². The molecule has 0 heterocycles. The van der Waals surface area contributed by atoms with Crippen molar-refractivity contribution in [3.63, 3.8) is 0 Å². The van der Waals surface area contributed by atoms with Gasteiger partial charge in [-0.05, 0) is 31.0 Å². The Morgan fingerprint density at radius 1 is 1.33 bits per heavy atom. The molecule has 1 aromatic rings. The highest BCUT2D eigenvalue weighted by atomic mass is 16.5.